The number of carbonyl (C=O) groups excluding carboxylic acids is 2. The Balaban J connectivity index is 1.47. The van der Waals surface area contributed by atoms with Crippen LogP contribution in [0.4, 0.5) is 10.5 Å². The molecule has 2 N–H and O–H groups in total. The van der Waals surface area contributed by atoms with Crippen molar-refractivity contribution in [2.45, 2.75) is 18.1 Å². The molecule has 9 nitrogen and oxygen atoms in total. The molecular formula is C25H22N2O7. The summed E-state index contributed by atoms with van der Waals surface area (Å²) < 4.78 is 10.2. The van der Waals surface area contributed by atoms with Gasteiger partial charge in [-0.05, 0) is 39.9 Å². The molecular weight excluding hydrogens is 440 g/mol. The van der Waals surface area contributed by atoms with Gasteiger partial charge in [0.25, 0.3) is 5.69 Å². The lowest BCUT2D eigenvalue weighted by Crippen LogP contribution is -2.46. The van der Waals surface area contributed by atoms with E-state index in [1.54, 1.807) is 0 Å². The predicted octanol–water partition coefficient (Wildman–Crippen LogP) is 3.71. The number of alkyl carbamates (subject to hydrolysis) is 1. The third-order valence-corrected chi connectivity index (χ3v) is 5.83. The summed E-state index contributed by atoms with van der Waals surface area (Å²) in [6.45, 7) is 0.0291. The number of aliphatic hydroxyl groups is 1. The van der Waals surface area contributed by atoms with E-state index in [1.165, 1.54) is 24.3 Å². The summed E-state index contributed by atoms with van der Waals surface area (Å²) in [5.74, 6) is -1.06. The van der Waals surface area contributed by atoms with Crippen molar-refractivity contribution in [2.75, 3.05) is 13.7 Å². The number of nitrogens with one attached hydrogen (secondary N) is 1. The van der Waals surface area contributed by atoms with Crippen LogP contribution in [0.3, 0.4) is 0 Å². The minimum Gasteiger partial charge on any atom is -0.467 e. The van der Waals surface area contributed by atoms with Crippen molar-refractivity contribution in [1.29, 1.82) is 0 Å². The highest BCUT2D eigenvalue weighted by molar-refractivity contribution is 5.82. The number of methoxy groups -OCH3 is 1. The Kier molecular flexibility index (Phi) is 6.55. The van der Waals surface area contributed by atoms with Crippen LogP contribution < -0.4 is 5.32 Å². The van der Waals surface area contributed by atoms with Gasteiger partial charge in [0, 0.05) is 18.1 Å². The standard InChI is InChI=1S/C25H22N2O7/c1-33-24(29)22(23(28)15-10-12-16(13-11-15)27(31)32)26-25(30)34-14-21-19-8-4-2-6-17(19)18-7-3-5-9-20(18)21/h2-13,21-23,28H,14H2,1H3,(H,26,30)/t22-,23-/m1/s1. The number of hydrogen-bond acceptors (Lipinski definition) is 7. The number of benzene rings is 3. The molecule has 0 bridgehead atoms. The Labute approximate surface area is 195 Å². The van der Waals surface area contributed by atoms with E-state index in [-0.39, 0.29) is 23.8 Å². The number of aliphatic hydroxyl groups excluding tert-OH is 1. The molecule has 0 aromatic heterocycles. The summed E-state index contributed by atoms with van der Waals surface area (Å²) >= 11 is 0. The van der Waals surface area contributed by atoms with E-state index in [2.05, 4.69) is 5.32 Å². The number of nitro groups is 1. The van der Waals surface area contributed by atoms with Gasteiger partial charge in [-0.25, -0.2) is 9.59 Å². The van der Waals surface area contributed by atoms with E-state index in [0.717, 1.165) is 29.4 Å². The van der Waals surface area contributed by atoms with Crippen LogP contribution in [0.15, 0.2) is 72.8 Å². The number of nitro benzene ring substituents is 1. The van der Waals surface area contributed by atoms with E-state index in [1.807, 2.05) is 48.5 Å². The van der Waals surface area contributed by atoms with E-state index >= 15 is 0 Å². The molecule has 174 valence electrons. The largest absolute Gasteiger partial charge is 0.467 e. The Morgan fingerprint density at radius 2 is 1.56 bits per heavy atom. The van der Waals surface area contributed by atoms with Crippen molar-refractivity contribution in [3.05, 3.63) is 99.6 Å². The van der Waals surface area contributed by atoms with Gasteiger partial charge < -0.3 is 19.9 Å². The van der Waals surface area contributed by atoms with Crippen molar-refractivity contribution in [1.82, 2.24) is 5.32 Å². The van der Waals surface area contributed by atoms with E-state index in [9.17, 15) is 24.8 Å². The second-order valence-corrected chi connectivity index (χ2v) is 7.76. The monoisotopic (exact) mass is 462 g/mol. The number of carbonyl (C=O) groups is 2. The van der Waals surface area contributed by atoms with Gasteiger partial charge in [0.05, 0.1) is 12.0 Å². The lowest BCUT2D eigenvalue weighted by molar-refractivity contribution is -0.384. The molecule has 0 aliphatic heterocycles. The van der Waals surface area contributed by atoms with Crippen molar-refractivity contribution < 1.29 is 29.1 Å². The second-order valence-electron chi connectivity index (χ2n) is 7.76. The number of ether oxygens (including phenoxy) is 2. The average Bonchev–Trinajstić information content (AvgIpc) is 3.19. The normalized spacial score (nSPS) is 13.8. The predicted molar refractivity (Wildman–Crippen MR) is 122 cm³/mol. The van der Waals surface area contributed by atoms with E-state index < -0.39 is 29.1 Å². The molecule has 0 saturated carbocycles. The van der Waals surface area contributed by atoms with Gasteiger partial charge in [-0.2, -0.15) is 0 Å². The third kappa shape index (κ3) is 4.46. The number of esters is 1. The molecule has 2 atom stereocenters. The molecule has 0 unspecified atom stereocenters. The quantitative estimate of drug-likeness (QED) is 0.311. The Bertz CT molecular complexity index is 1180. The summed E-state index contributed by atoms with van der Waals surface area (Å²) in [5.41, 5.74) is 4.25. The Hall–Kier alpha value is -4.24. The average molecular weight is 462 g/mol. The van der Waals surface area contributed by atoms with Crippen molar-refractivity contribution >= 4 is 17.7 Å². The third-order valence-electron chi connectivity index (χ3n) is 5.83. The van der Waals surface area contributed by atoms with Crippen LogP contribution in [-0.2, 0) is 14.3 Å². The van der Waals surface area contributed by atoms with Crippen LogP contribution in [0.25, 0.3) is 11.1 Å². The molecule has 0 heterocycles. The molecule has 0 radical (unpaired) electrons. The fourth-order valence-corrected chi connectivity index (χ4v) is 4.15. The highest BCUT2D eigenvalue weighted by Crippen LogP contribution is 2.44. The minimum atomic E-state index is -1.51. The fourth-order valence-electron chi connectivity index (χ4n) is 4.15. The molecule has 4 rings (SSSR count). The molecule has 0 saturated heterocycles. The summed E-state index contributed by atoms with van der Waals surface area (Å²) in [5, 5.41) is 23.9. The lowest BCUT2D eigenvalue weighted by atomic mass is 9.98. The first-order valence-corrected chi connectivity index (χ1v) is 10.5. The van der Waals surface area contributed by atoms with Gasteiger partial charge in [0.1, 0.15) is 12.7 Å². The second kappa shape index (κ2) is 9.72. The smallest absolute Gasteiger partial charge is 0.407 e. The molecule has 0 spiro atoms. The van der Waals surface area contributed by atoms with Crippen LogP contribution in [0.2, 0.25) is 0 Å². The fraction of sp³-hybridized carbons (Fsp3) is 0.200. The molecule has 1 amide bonds. The van der Waals surface area contributed by atoms with Gasteiger partial charge in [-0.3, -0.25) is 10.1 Å². The van der Waals surface area contributed by atoms with E-state index in [4.69, 9.17) is 9.47 Å². The molecule has 0 fully saturated rings. The van der Waals surface area contributed by atoms with Gasteiger partial charge in [-0.15, -0.1) is 0 Å². The van der Waals surface area contributed by atoms with Crippen LogP contribution in [0.1, 0.15) is 28.7 Å². The van der Waals surface area contributed by atoms with Gasteiger partial charge in [0.15, 0.2) is 6.04 Å². The summed E-state index contributed by atoms with van der Waals surface area (Å²) in [6.07, 6.45) is -2.41. The van der Waals surface area contributed by atoms with Crippen LogP contribution in [-0.4, -0.2) is 41.9 Å². The SMILES string of the molecule is COC(=O)[C@H](NC(=O)OCC1c2ccccc2-c2ccccc21)[C@H](O)c1ccc([N+](=O)[O-])cc1. The first-order chi connectivity index (χ1) is 16.4. The number of nitrogens with zero attached hydrogens (tertiary/aromatic N) is 1. The maximum absolute atomic E-state index is 12.6. The summed E-state index contributed by atoms with van der Waals surface area (Å²) in [6, 6.07) is 19.3. The highest BCUT2D eigenvalue weighted by Gasteiger charge is 2.33. The zero-order chi connectivity index (χ0) is 24.2. The number of rotatable bonds is 7. The molecule has 1 aliphatic carbocycles. The molecule has 3 aromatic carbocycles. The lowest BCUT2D eigenvalue weighted by Gasteiger charge is -2.22. The summed E-state index contributed by atoms with van der Waals surface area (Å²) in [4.78, 5) is 35.1. The highest BCUT2D eigenvalue weighted by atomic mass is 16.6. The summed E-state index contributed by atoms with van der Waals surface area (Å²) in [7, 11) is 1.12. The molecule has 34 heavy (non-hydrogen) atoms. The van der Waals surface area contributed by atoms with Gasteiger partial charge in [-0.1, -0.05) is 48.5 Å². The topological polar surface area (TPSA) is 128 Å². The Morgan fingerprint density at radius 3 is 2.09 bits per heavy atom. The molecule has 9 heteroatoms. The van der Waals surface area contributed by atoms with Gasteiger partial charge in [0.2, 0.25) is 0 Å². The zero-order valence-corrected chi connectivity index (χ0v) is 18.2. The number of non-ortho nitro benzene ring substituents is 1. The Morgan fingerprint density at radius 1 is 1.00 bits per heavy atom. The van der Waals surface area contributed by atoms with Crippen LogP contribution in [0, 0.1) is 10.1 Å². The van der Waals surface area contributed by atoms with Crippen LogP contribution >= 0.6 is 0 Å². The minimum absolute atomic E-state index is 0.0291. The molecule has 3 aromatic rings. The number of fused-ring (bicyclic) bond motifs is 3. The number of hydrogen-bond donors (Lipinski definition) is 2. The maximum Gasteiger partial charge on any atom is 0.407 e. The number of amides is 1. The maximum atomic E-state index is 12.6. The van der Waals surface area contributed by atoms with Crippen molar-refractivity contribution in [2.24, 2.45) is 0 Å². The van der Waals surface area contributed by atoms with Crippen molar-refractivity contribution in [3.63, 3.8) is 0 Å². The first-order valence-electron chi connectivity index (χ1n) is 10.5. The van der Waals surface area contributed by atoms with Crippen molar-refractivity contribution in [3.8, 4) is 11.1 Å². The first kappa shape index (κ1) is 22.9. The van der Waals surface area contributed by atoms with E-state index in [0.29, 0.717) is 0 Å². The molecule has 1 aliphatic rings. The zero-order valence-electron chi connectivity index (χ0n) is 18.2. The van der Waals surface area contributed by atoms with Gasteiger partial charge >= 0.3 is 12.1 Å². The van der Waals surface area contributed by atoms with Crippen LogP contribution in [0.5, 0.6) is 0 Å².